The number of carbonyl (C=O) groups is 1. The predicted molar refractivity (Wildman–Crippen MR) is 64.6 cm³/mol. The summed E-state index contributed by atoms with van der Waals surface area (Å²) >= 11 is 1.34. The highest BCUT2D eigenvalue weighted by Crippen LogP contribution is 2.25. The number of nitrogens with two attached hydrogens (primary N) is 1. The van der Waals surface area contributed by atoms with Crippen molar-refractivity contribution in [2.24, 2.45) is 5.73 Å². The molecule has 1 heterocycles. The summed E-state index contributed by atoms with van der Waals surface area (Å²) in [6.45, 7) is 6.06. The maximum absolute atomic E-state index is 11.6. The molecule has 0 aliphatic carbocycles. The van der Waals surface area contributed by atoms with Crippen LogP contribution in [0.2, 0.25) is 0 Å². The van der Waals surface area contributed by atoms with E-state index in [2.05, 4.69) is 11.9 Å². The Labute approximate surface area is 99.8 Å². The number of rotatable bonds is 5. The number of esters is 1. The van der Waals surface area contributed by atoms with Gasteiger partial charge in [-0.25, -0.2) is 9.78 Å². The first kappa shape index (κ1) is 13.1. The van der Waals surface area contributed by atoms with E-state index >= 15 is 0 Å². The number of ether oxygens (including phenoxy) is 1. The number of carbonyl (C=O) groups excluding carboxylic acids is 1. The molecule has 0 fully saturated rings. The molecule has 1 atom stereocenters. The lowest BCUT2D eigenvalue weighted by molar-refractivity contribution is 0.0531. The zero-order chi connectivity index (χ0) is 12.1. The topological polar surface area (TPSA) is 65.2 Å². The molecule has 0 saturated carbocycles. The molecule has 0 saturated heterocycles. The lowest BCUT2D eigenvalue weighted by atomic mass is 10.2. The summed E-state index contributed by atoms with van der Waals surface area (Å²) < 4.78 is 4.95. The minimum Gasteiger partial charge on any atom is -0.462 e. The Kier molecular flexibility index (Phi) is 4.89. The third-order valence-corrected chi connectivity index (χ3v) is 3.46. The Balaban J connectivity index is 2.84. The van der Waals surface area contributed by atoms with E-state index in [4.69, 9.17) is 10.5 Å². The van der Waals surface area contributed by atoms with E-state index in [1.54, 1.807) is 6.92 Å². The van der Waals surface area contributed by atoms with Crippen molar-refractivity contribution in [3.63, 3.8) is 0 Å². The number of thiazole rings is 1. The van der Waals surface area contributed by atoms with Gasteiger partial charge in [0.25, 0.3) is 0 Å². The van der Waals surface area contributed by atoms with E-state index in [1.807, 2.05) is 6.92 Å². The molecule has 0 aliphatic heterocycles. The summed E-state index contributed by atoms with van der Waals surface area (Å²) in [7, 11) is 0. The maximum atomic E-state index is 11.6. The number of aryl methyl sites for hydroxylation is 1. The normalized spacial score (nSPS) is 12.5. The largest absolute Gasteiger partial charge is 0.462 e. The van der Waals surface area contributed by atoms with Crippen molar-refractivity contribution in [1.82, 2.24) is 4.98 Å². The first-order valence-electron chi connectivity index (χ1n) is 5.50. The van der Waals surface area contributed by atoms with Gasteiger partial charge in [-0.2, -0.15) is 0 Å². The van der Waals surface area contributed by atoms with Gasteiger partial charge in [0.2, 0.25) is 0 Å². The van der Waals surface area contributed by atoms with Gasteiger partial charge in [-0.3, -0.25) is 0 Å². The Bertz CT molecular complexity index is 363. The molecule has 5 heteroatoms. The third-order valence-electron chi connectivity index (χ3n) is 2.19. The Morgan fingerprint density at radius 3 is 2.81 bits per heavy atom. The Hall–Kier alpha value is -0.940. The average molecular weight is 242 g/mol. The van der Waals surface area contributed by atoms with Crippen LogP contribution in [0.25, 0.3) is 0 Å². The van der Waals surface area contributed by atoms with Gasteiger partial charge in [0.1, 0.15) is 9.88 Å². The number of aromatic nitrogens is 1. The van der Waals surface area contributed by atoms with E-state index in [0.717, 1.165) is 17.8 Å². The number of hydrogen-bond acceptors (Lipinski definition) is 5. The first-order chi connectivity index (χ1) is 7.60. The van der Waals surface area contributed by atoms with E-state index < -0.39 is 0 Å². The molecule has 0 spiro atoms. The van der Waals surface area contributed by atoms with Gasteiger partial charge >= 0.3 is 5.97 Å². The molecule has 0 aliphatic rings. The fraction of sp³-hybridized carbons (Fsp3) is 0.636. The molecule has 0 aromatic carbocycles. The highest BCUT2D eigenvalue weighted by molar-refractivity contribution is 7.13. The molecule has 2 N–H and O–H groups in total. The molecule has 1 rings (SSSR count). The zero-order valence-electron chi connectivity index (χ0n) is 9.95. The number of nitrogens with zero attached hydrogens (tertiary/aromatic N) is 1. The van der Waals surface area contributed by atoms with Crippen LogP contribution in [-0.2, 0) is 4.74 Å². The first-order valence-corrected chi connectivity index (χ1v) is 6.31. The van der Waals surface area contributed by atoms with Gasteiger partial charge in [0.15, 0.2) is 0 Å². The molecule has 1 unspecified atom stereocenters. The van der Waals surface area contributed by atoms with Gasteiger partial charge in [-0.05, 0) is 20.3 Å². The second-order valence-corrected chi connectivity index (χ2v) is 4.61. The second kappa shape index (κ2) is 5.96. The standard InChI is InChI=1S/C11H18N2O2S/c1-4-6-8(12)10-13-7(3)9(16-10)11(14)15-5-2/h8H,4-6,12H2,1-3H3. The molecule has 1 aromatic heterocycles. The van der Waals surface area contributed by atoms with E-state index in [0.29, 0.717) is 17.2 Å². The van der Waals surface area contributed by atoms with Crippen LogP contribution >= 0.6 is 11.3 Å². The van der Waals surface area contributed by atoms with Crippen LogP contribution in [0.4, 0.5) is 0 Å². The van der Waals surface area contributed by atoms with Crippen LogP contribution in [0.3, 0.4) is 0 Å². The summed E-state index contributed by atoms with van der Waals surface area (Å²) in [6, 6.07) is -0.0723. The molecular weight excluding hydrogens is 224 g/mol. The maximum Gasteiger partial charge on any atom is 0.350 e. The van der Waals surface area contributed by atoms with Gasteiger partial charge in [0, 0.05) is 0 Å². The fourth-order valence-corrected chi connectivity index (χ4v) is 2.39. The van der Waals surface area contributed by atoms with Crippen LogP contribution < -0.4 is 5.73 Å². The van der Waals surface area contributed by atoms with Crippen LogP contribution in [0.1, 0.15) is 53.1 Å². The molecular formula is C11H18N2O2S. The molecule has 90 valence electrons. The van der Waals surface area contributed by atoms with Gasteiger partial charge in [-0.1, -0.05) is 13.3 Å². The van der Waals surface area contributed by atoms with Crippen molar-refractivity contribution in [3.05, 3.63) is 15.6 Å². The van der Waals surface area contributed by atoms with E-state index in [1.165, 1.54) is 11.3 Å². The van der Waals surface area contributed by atoms with Crippen molar-refractivity contribution in [3.8, 4) is 0 Å². The minimum absolute atomic E-state index is 0.0723. The van der Waals surface area contributed by atoms with Crippen molar-refractivity contribution >= 4 is 17.3 Å². The monoisotopic (exact) mass is 242 g/mol. The van der Waals surface area contributed by atoms with Crippen LogP contribution in [0.5, 0.6) is 0 Å². The minimum atomic E-state index is -0.299. The van der Waals surface area contributed by atoms with Crippen molar-refractivity contribution in [1.29, 1.82) is 0 Å². The Morgan fingerprint density at radius 2 is 2.25 bits per heavy atom. The van der Waals surface area contributed by atoms with Gasteiger partial charge < -0.3 is 10.5 Å². The van der Waals surface area contributed by atoms with Crippen LogP contribution in [0, 0.1) is 6.92 Å². The SMILES string of the molecule is CCCC(N)c1nc(C)c(C(=O)OCC)s1. The quantitative estimate of drug-likeness (QED) is 0.805. The van der Waals surface area contributed by atoms with E-state index in [-0.39, 0.29) is 12.0 Å². The lowest BCUT2D eigenvalue weighted by Crippen LogP contribution is -2.09. The highest BCUT2D eigenvalue weighted by Gasteiger charge is 2.19. The van der Waals surface area contributed by atoms with Crippen LogP contribution in [-0.4, -0.2) is 17.6 Å². The third kappa shape index (κ3) is 3.02. The summed E-state index contributed by atoms with van der Waals surface area (Å²) in [4.78, 5) is 16.5. The van der Waals surface area contributed by atoms with Crippen molar-refractivity contribution < 1.29 is 9.53 Å². The number of hydrogen-bond donors (Lipinski definition) is 1. The summed E-state index contributed by atoms with van der Waals surface area (Å²) in [5.41, 5.74) is 6.67. The summed E-state index contributed by atoms with van der Waals surface area (Å²) in [5.74, 6) is -0.299. The Morgan fingerprint density at radius 1 is 1.56 bits per heavy atom. The van der Waals surface area contributed by atoms with E-state index in [9.17, 15) is 4.79 Å². The lowest BCUT2D eigenvalue weighted by Gasteiger charge is -2.04. The highest BCUT2D eigenvalue weighted by atomic mass is 32.1. The molecule has 4 nitrogen and oxygen atoms in total. The molecule has 1 aromatic rings. The zero-order valence-corrected chi connectivity index (χ0v) is 10.8. The summed E-state index contributed by atoms with van der Waals surface area (Å²) in [6.07, 6.45) is 1.89. The van der Waals surface area contributed by atoms with Crippen LogP contribution in [0.15, 0.2) is 0 Å². The smallest absolute Gasteiger partial charge is 0.350 e. The predicted octanol–water partition coefficient (Wildman–Crippen LogP) is 2.43. The van der Waals surface area contributed by atoms with Crippen molar-refractivity contribution in [2.75, 3.05) is 6.61 Å². The average Bonchev–Trinajstić information content (AvgIpc) is 2.61. The fourth-order valence-electron chi connectivity index (χ4n) is 1.40. The van der Waals surface area contributed by atoms with Gasteiger partial charge in [0.05, 0.1) is 18.3 Å². The molecule has 0 amide bonds. The van der Waals surface area contributed by atoms with Gasteiger partial charge in [-0.15, -0.1) is 11.3 Å². The molecule has 0 radical (unpaired) electrons. The molecule has 0 bridgehead atoms. The summed E-state index contributed by atoms with van der Waals surface area (Å²) in [5, 5.41) is 0.822. The van der Waals surface area contributed by atoms with Crippen molar-refractivity contribution in [2.45, 2.75) is 39.7 Å². The second-order valence-electron chi connectivity index (χ2n) is 3.58. The molecule has 16 heavy (non-hydrogen) atoms.